The van der Waals surface area contributed by atoms with E-state index in [2.05, 4.69) is 20.3 Å². The highest BCUT2D eigenvalue weighted by molar-refractivity contribution is 7.91. The number of nitrogens with zero attached hydrogens (tertiary/aromatic N) is 4. The van der Waals surface area contributed by atoms with Gasteiger partial charge in [-0.15, -0.1) is 5.10 Å². The number of aromatic amines is 1. The van der Waals surface area contributed by atoms with Crippen LogP contribution in [0.2, 0.25) is 0 Å². The number of sulfone groups is 1. The van der Waals surface area contributed by atoms with Crippen molar-refractivity contribution in [1.29, 1.82) is 0 Å². The average Bonchev–Trinajstić information content (AvgIpc) is 3.35. The molecule has 4 rings (SSSR count). The first-order valence-electron chi connectivity index (χ1n) is 8.63. The molecular formula is C17H21N5O3S. The van der Waals surface area contributed by atoms with E-state index in [-0.39, 0.29) is 17.5 Å². The molecule has 1 atom stereocenters. The highest BCUT2D eigenvalue weighted by atomic mass is 32.2. The van der Waals surface area contributed by atoms with Crippen LogP contribution in [0.15, 0.2) is 22.8 Å². The molecule has 1 aliphatic heterocycles. The molecule has 138 valence electrons. The minimum atomic E-state index is -3.00. The lowest BCUT2D eigenvalue weighted by atomic mass is 10.1. The fourth-order valence-corrected chi connectivity index (χ4v) is 5.00. The van der Waals surface area contributed by atoms with Crippen LogP contribution in [0.5, 0.6) is 0 Å². The summed E-state index contributed by atoms with van der Waals surface area (Å²) in [6.45, 7) is 4.03. The lowest BCUT2D eigenvalue weighted by Gasteiger charge is -2.11. The van der Waals surface area contributed by atoms with Gasteiger partial charge in [-0.2, -0.15) is 5.10 Å². The largest absolute Gasteiger partial charge is 0.461 e. The van der Waals surface area contributed by atoms with Crippen LogP contribution in [0.4, 0.5) is 0 Å². The van der Waals surface area contributed by atoms with Gasteiger partial charge in [-0.1, -0.05) is 0 Å². The number of hydrogen-bond donors (Lipinski definition) is 1. The van der Waals surface area contributed by atoms with Crippen LogP contribution < -0.4 is 0 Å². The Morgan fingerprint density at radius 3 is 2.81 bits per heavy atom. The number of rotatable bonds is 5. The predicted molar refractivity (Wildman–Crippen MR) is 95.5 cm³/mol. The Kier molecular flexibility index (Phi) is 4.18. The molecule has 0 amide bonds. The molecule has 9 heteroatoms. The van der Waals surface area contributed by atoms with Gasteiger partial charge in [-0.25, -0.2) is 18.1 Å². The van der Waals surface area contributed by atoms with Gasteiger partial charge in [-0.05, 0) is 44.4 Å². The molecular weight excluding hydrogens is 354 g/mol. The van der Waals surface area contributed by atoms with Crippen LogP contribution in [0.25, 0.3) is 11.6 Å². The van der Waals surface area contributed by atoms with Crippen LogP contribution in [-0.4, -0.2) is 44.9 Å². The topological polar surface area (TPSA) is 107 Å². The number of aromatic nitrogens is 5. The first-order valence-corrected chi connectivity index (χ1v) is 10.5. The Hall–Kier alpha value is -2.42. The van der Waals surface area contributed by atoms with Crippen molar-refractivity contribution in [2.75, 3.05) is 11.5 Å². The Bertz CT molecular complexity index is 1020. The summed E-state index contributed by atoms with van der Waals surface area (Å²) in [4.78, 5) is 4.62. The molecule has 3 aromatic rings. The van der Waals surface area contributed by atoms with Crippen molar-refractivity contribution in [2.45, 2.75) is 39.2 Å². The number of nitrogens with one attached hydrogen (secondary N) is 1. The summed E-state index contributed by atoms with van der Waals surface area (Å²) in [5.41, 5.74) is 3.20. The molecule has 1 fully saturated rings. The van der Waals surface area contributed by atoms with Crippen LogP contribution in [-0.2, 0) is 22.7 Å². The fourth-order valence-electron chi connectivity index (χ4n) is 3.31. The molecule has 8 nitrogen and oxygen atoms in total. The van der Waals surface area contributed by atoms with E-state index < -0.39 is 9.84 Å². The third-order valence-electron chi connectivity index (χ3n) is 4.94. The first-order chi connectivity index (χ1) is 12.4. The van der Waals surface area contributed by atoms with Crippen LogP contribution in [0.1, 0.15) is 35.2 Å². The van der Waals surface area contributed by atoms with Gasteiger partial charge in [0, 0.05) is 12.1 Å². The molecule has 1 aliphatic rings. The monoisotopic (exact) mass is 375 g/mol. The molecule has 1 N–H and O–H groups in total. The standard InChI is InChI=1S/C17H21N5O3S/c1-11-12(2)19-20-14(11)5-6-16-18-17(15-4-3-8-25-15)21-22(16)13-7-9-26(23,24)10-13/h3-4,8,13H,5-7,9-10H2,1-2H3,(H,19,20)/t13-/m1/s1. The Morgan fingerprint density at radius 1 is 1.35 bits per heavy atom. The minimum Gasteiger partial charge on any atom is -0.461 e. The number of hydrogen-bond acceptors (Lipinski definition) is 6. The predicted octanol–water partition coefficient (Wildman–Crippen LogP) is 2.02. The molecule has 0 saturated carbocycles. The number of H-pyrrole nitrogens is 1. The van der Waals surface area contributed by atoms with Crippen molar-refractivity contribution in [3.05, 3.63) is 41.2 Å². The minimum absolute atomic E-state index is 0.113. The maximum absolute atomic E-state index is 11.9. The molecule has 1 saturated heterocycles. The lowest BCUT2D eigenvalue weighted by molar-refractivity contribution is 0.475. The second-order valence-electron chi connectivity index (χ2n) is 6.75. The molecule has 0 bridgehead atoms. The van der Waals surface area contributed by atoms with Gasteiger partial charge in [0.2, 0.25) is 5.82 Å². The van der Waals surface area contributed by atoms with Gasteiger partial charge in [0.15, 0.2) is 15.6 Å². The maximum Gasteiger partial charge on any atom is 0.217 e. The second kappa shape index (κ2) is 6.39. The average molecular weight is 375 g/mol. The van der Waals surface area contributed by atoms with E-state index in [4.69, 9.17) is 4.42 Å². The molecule has 26 heavy (non-hydrogen) atoms. The summed E-state index contributed by atoms with van der Waals surface area (Å²) in [6.07, 6.45) is 3.49. The van der Waals surface area contributed by atoms with Crippen LogP contribution in [0.3, 0.4) is 0 Å². The Balaban J connectivity index is 1.64. The van der Waals surface area contributed by atoms with Crippen molar-refractivity contribution in [1.82, 2.24) is 25.0 Å². The van der Waals surface area contributed by atoms with E-state index in [0.717, 1.165) is 22.8 Å². The normalized spacial score (nSPS) is 19.2. The van der Waals surface area contributed by atoms with Crippen molar-refractivity contribution in [3.8, 4) is 11.6 Å². The van der Waals surface area contributed by atoms with E-state index in [1.807, 2.05) is 13.8 Å². The first kappa shape index (κ1) is 17.0. The Morgan fingerprint density at radius 2 is 2.19 bits per heavy atom. The van der Waals surface area contributed by atoms with Gasteiger partial charge in [0.05, 0.1) is 29.5 Å². The fraction of sp³-hybridized carbons (Fsp3) is 0.471. The summed E-state index contributed by atoms with van der Waals surface area (Å²) in [6, 6.07) is 3.41. The molecule has 4 heterocycles. The van der Waals surface area contributed by atoms with Gasteiger partial charge in [0.1, 0.15) is 5.82 Å². The van der Waals surface area contributed by atoms with Crippen molar-refractivity contribution < 1.29 is 12.8 Å². The molecule has 0 unspecified atom stereocenters. The molecule has 0 aliphatic carbocycles. The zero-order valence-corrected chi connectivity index (χ0v) is 15.6. The van der Waals surface area contributed by atoms with E-state index in [0.29, 0.717) is 30.8 Å². The van der Waals surface area contributed by atoms with Crippen molar-refractivity contribution in [2.24, 2.45) is 0 Å². The SMILES string of the molecule is Cc1[nH]nc(CCc2nc(-c3ccco3)nn2[C@@H]2CCS(=O)(=O)C2)c1C. The van der Waals surface area contributed by atoms with Crippen LogP contribution >= 0.6 is 0 Å². The summed E-state index contributed by atoms with van der Waals surface area (Å²) in [5, 5.41) is 11.9. The number of aryl methyl sites for hydroxylation is 3. The highest BCUT2D eigenvalue weighted by Gasteiger charge is 2.32. The molecule has 3 aromatic heterocycles. The Labute approximate surface area is 151 Å². The van der Waals surface area contributed by atoms with Crippen molar-refractivity contribution >= 4 is 9.84 Å². The highest BCUT2D eigenvalue weighted by Crippen LogP contribution is 2.27. The zero-order chi connectivity index (χ0) is 18.3. The lowest BCUT2D eigenvalue weighted by Crippen LogP contribution is -2.16. The van der Waals surface area contributed by atoms with Gasteiger partial charge < -0.3 is 4.42 Å². The third kappa shape index (κ3) is 3.18. The summed E-state index contributed by atoms with van der Waals surface area (Å²) in [7, 11) is -3.00. The van der Waals surface area contributed by atoms with Gasteiger partial charge >= 0.3 is 0 Å². The quantitative estimate of drug-likeness (QED) is 0.731. The summed E-state index contributed by atoms with van der Waals surface area (Å²) < 4.78 is 31.0. The van der Waals surface area contributed by atoms with E-state index >= 15 is 0 Å². The maximum atomic E-state index is 11.9. The van der Waals surface area contributed by atoms with Gasteiger partial charge in [0.25, 0.3) is 0 Å². The molecule has 0 radical (unpaired) electrons. The molecule has 0 spiro atoms. The summed E-state index contributed by atoms with van der Waals surface area (Å²) in [5.74, 6) is 2.15. The van der Waals surface area contributed by atoms with Gasteiger partial charge in [-0.3, -0.25) is 5.10 Å². The van der Waals surface area contributed by atoms with E-state index in [9.17, 15) is 8.42 Å². The summed E-state index contributed by atoms with van der Waals surface area (Å²) >= 11 is 0. The zero-order valence-electron chi connectivity index (χ0n) is 14.8. The number of furan rings is 1. The van der Waals surface area contributed by atoms with E-state index in [1.54, 1.807) is 23.1 Å². The van der Waals surface area contributed by atoms with E-state index in [1.165, 1.54) is 0 Å². The third-order valence-corrected chi connectivity index (χ3v) is 6.69. The van der Waals surface area contributed by atoms with Crippen molar-refractivity contribution in [3.63, 3.8) is 0 Å². The smallest absolute Gasteiger partial charge is 0.217 e. The van der Waals surface area contributed by atoms with Crippen LogP contribution in [0, 0.1) is 13.8 Å². The molecule has 0 aromatic carbocycles. The second-order valence-corrected chi connectivity index (χ2v) is 8.98.